The van der Waals surface area contributed by atoms with Gasteiger partial charge in [0.2, 0.25) is 0 Å². The Hall–Kier alpha value is -4.08. The van der Waals surface area contributed by atoms with Crippen molar-refractivity contribution in [3.63, 3.8) is 0 Å². The number of ether oxygens (including phenoxy) is 2. The molecule has 0 fully saturated rings. The van der Waals surface area contributed by atoms with Crippen LogP contribution >= 0.6 is 0 Å². The number of hydrogen-bond donors (Lipinski definition) is 4. The number of esters is 2. The highest BCUT2D eigenvalue weighted by Gasteiger charge is 2.17. The van der Waals surface area contributed by atoms with Crippen molar-refractivity contribution in [2.45, 2.75) is 19.3 Å². The van der Waals surface area contributed by atoms with Crippen LogP contribution < -0.4 is 31.6 Å². The topological polar surface area (TPSA) is 163 Å². The highest BCUT2D eigenvalue weighted by atomic mass is 16.5. The van der Waals surface area contributed by atoms with Crippen molar-refractivity contribution in [1.29, 1.82) is 0 Å². The molecule has 0 unspecified atom stereocenters. The molecule has 0 aliphatic rings. The Morgan fingerprint density at radius 1 is 0.742 bits per heavy atom. The van der Waals surface area contributed by atoms with Crippen molar-refractivity contribution in [2.24, 2.45) is 11.5 Å². The lowest BCUT2D eigenvalue weighted by Crippen LogP contribution is -2.17. The summed E-state index contributed by atoms with van der Waals surface area (Å²) in [6.45, 7) is 0. The third-order valence-corrected chi connectivity index (χ3v) is 4.28. The van der Waals surface area contributed by atoms with Gasteiger partial charge in [0.05, 0.1) is 11.1 Å². The zero-order valence-corrected chi connectivity index (χ0v) is 17.2. The van der Waals surface area contributed by atoms with E-state index in [2.05, 4.69) is 10.6 Å². The molecule has 164 valence electrons. The number of carbonyl (C=O) groups is 4. The van der Waals surface area contributed by atoms with E-state index < -0.39 is 23.8 Å². The normalized spacial score (nSPS) is 10.1. The minimum Gasteiger partial charge on any atom is -0.426 e. The fourth-order valence-corrected chi connectivity index (χ4v) is 2.66. The molecule has 0 saturated heterocycles. The van der Waals surface area contributed by atoms with Crippen LogP contribution in [-0.2, 0) is 9.59 Å². The SMILES string of the molecule is CNc1ccc(OC(=O)CCCC(=O)Oc2ccc(NC)cc2C(N)=O)c(C(N)=O)c1. The molecule has 2 rings (SSSR count). The van der Waals surface area contributed by atoms with Crippen molar-refractivity contribution in [1.82, 2.24) is 0 Å². The van der Waals surface area contributed by atoms with Crippen molar-refractivity contribution < 1.29 is 28.7 Å². The minimum absolute atomic E-state index is 0.0369. The Morgan fingerprint density at radius 2 is 1.13 bits per heavy atom. The molecular weight excluding hydrogens is 404 g/mol. The van der Waals surface area contributed by atoms with Gasteiger partial charge in [0.15, 0.2) is 0 Å². The number of benzene rings is 2. The molecule has 0 heterocycles. The lowest BCUT2D eigenvalue weighted by Gasteiger charge is -2.11. The van der Waals surface area contributed by atoms with Gasteiger partial charge in [-0.2, -0.15) is 0 Å². The molecule has 0 spiro atoms. The molecule has 2 aromatic rings. The standard InChI is InChI=1S/C21H24N4O6/c1-24-12-6-8-16(14(10-12)20(22)28)30-18(26)4-3-5-19(27)31-17-9-7-13(25-2)11-15(17)21(23)29/h6-11,24-25H,3-5H2,1-2H3,(H2,22,28)(H2,23,29). The molecule has 6 N–H and O–H groups in total. The summed E-state index contributed by atoms with van der Waals surface area (Å²) in [7, 11) is 3.35. The zero-order valence-electron chi connectivity index (χ0n) is 17.2. The van der Waals surface area contributed by atoms with E-state index in [0.717, 1.165) is 0 Å². The highest BCUT2D eigenvalue weighted by molar-refractivity contribution is 5.98. The van der Waals surface area contributed by atoms with Crippen LogP contribution in [-0.4, -0.2) is 37.8 Å². The van der Waals surface area contributed by atoms with E-state index in [1.54, 1.807) is 26.2 Å². The summed E-state index contributed by atoms with van der Waals surface area (Å²) in [6, 6.07) is 9.11. The average Bonchev–Trinajstić information content (AvgIpc) is 2.73. The van der Waals surface area contributed by atoms with Crippen LogP contribution in [0.1, 0.15) is 40.0 Å². The summed E-state index contributed by atoms with van der Waals surface area (Å²) in [5.74, 6) is -2.67. The molecule has 0 saturated carbocycles. The molecule has 31 heavy (non-hydrogen) atoms. The van der Waals surface area contributed by atoms with Gasteiger partial charge in [-0.05, 0) is 42.8 Å². The molecule has 0 aliphatic carbocycles. The van der Waals surface area contributed by atoms with Gasteiger partial charge in [-0.3, -0.25) is 19.2 Å². The Balaban J connectivity index is 1.91. The van der Waals surface area contributed by atoms with Crippen molar-refractivity contribution in [3.05, 3.63) is 47.5 Å². The van der Waals surface area contributed by atoms with E-state index >= 15 is 0 Å². The highest BCUT2D eigenvalue weighted by Crippen LogP contribution is 2.24. The number of nitrogens with two attached hydrogens (primary N) is 2. The molecule has 10 nitrogen and oxygen atoms in total. The van der Waals surface area contributed by atoms with Gasteiger partial charge in [0.1, 0.15) is 11.5 Å². The maximum atomic E-state index is 12.1. The van der Waals surface area contributed by atoms with Gasteiger partial charge >= 0.3 is 11.9 Å². The summed E-state index contributed by atoms with van der Waals surface area (Å²) >= 11 is 0. The zero-order chi connectivity index (χ0) is 23.0. The maximum absolute atomic E-state index is 12.1. The number of amides is 2. The van der Waals surface area contributed by atoms with Gasteiger partial charge in [-0.1, -0.05) is 0 Å². The molecule has 0 radical (unpaired) electrons. The van der Waals surface area contributed by atoms with E-state index in [0.29, 0.717) is 11.4 Å². The fourth-order valence-electron chi connectivity index (χ4n) is 2.66. The first-order chi connectivity index (χ1) is 14.7. The van der Waals surface area contributed by atoms with Crippen LogP contribution in [0.5, 0.6) is 11.5 Å². The second-order valence-corrected chi connectivity index (χ2v) is 6.45. The molecule has 0 bridgehead atoms. The van der Waals surface area contributed by atoms with Gasteiger partial charge in [0, 0.05) is 38.3 Å². The van der Waals surface area contributed by atoms with Crippen LogP contribution in [0.25, 0.3) is 0 Å². The van der Waals surface area contributed by atoms with E-state index in [4.69, 9.17) is 20.9 Å². The predicted molar refractivity (Wildman–Crippen MR) is 114 cm³/mol. The Bertz CT molecular complexity index is 926. The second kappa shape index (κ2) is 10.6. The van der Waals surface area contributed by atoms with E-state index in [1.807, 2.05) is 0 Å². The number of rotatable bonds is 10. The van der Waals surface area contributed by atoms with Gasteiger partial charge in [-0.25, -0.2) is 0 Å². The molecule has 0 aliphatic heterocycles. The lowest BCUT2D eigenvalue weighted by atomic mass is 10.1. The van der Waals surface area contributed by atoms with Crippen molar-refractivity contribution in [3.8, 4) is 11.5 Å². The Kier molecular flexibility index (Phi) is 7.95. The first-order valence-electron chi connectivity index (χ1n) is 9.39. The van der Waals surface area contributed by atoms with E-state index in [9.17, 15) is 19.2 Å². The average molecular weight is 428 g/mol. The smallest absolute Gasteiger partial charge is 0.311 e. The van der Waals surface area contributed by atoms with E-state index in [1.165, 1.54) is 24.3 Å². The van der Waals surface area contributed by atoms with Gasteiger partial charge < -0.3 is 31.6 Å². The Labute approximate surface area is 178 Å². The lowest BCUT2D eigenvalue weighted by molar-refractivity contribution is -0.136. The fraction of sp³-hybridized carbons (Fsp3) is 0.238. The molecule has 10 heteroatoms. The number of anilines is 2. The molecule has 2 amide bonds. The van der Waals surface area contributed by atoms with Crippen LogP contribution in [0.15, 0.2) is 36.4 Å². The monoisotopic (exact) mass is 428 g/mol. The van der Waals surface area contributed by atoms with Crippen LogP contribution in [0, 0.1) is 0 Å². The predicted octanol–water partition coefficient (Wildman–Crippen LogP) is 1.65. The third kappa shape index (κ3) is 6.46. The molecule has 0 atom stereocenters. The van der Waals surface area contributed by atoms with Crippen molar-refractivity contribution in [2.75, 3.05) is 24.7 Å². The van der Waals surface area contributed by atoms with Crippen LogP contribution in [0.4, 0.5) is 11.4 Å². The third-order valence-electron chi connectivity index (χ3n) is 4.28. The number of carbonyl (C=O) groups excluding carboxylic acids is 4. The minimum atomic E-state index is -0.738. The van der Waals surface area contributed by atoms with Crippen molar-refractivity contribution >= 4 is 35.1 Å². The Morgan fingerprint density at radius 3 is 1.45 bits per heavy atom. The quantitative estimate of drug-likeness (QED) is 0.328. The number of nitrogens with one attached hydrogen (secondary N) is 2. The van der Waals surface area contributed by atoms with Crippen LogP contribution in [0.2, 0.25) is 0 Å². The summed E-state index contributed by atoms with van der Waals surface area (Å²) in [6.07, 6.45) is -0.0520. The van der Waals surface area contributed by atoms with Crippen LogP contribution in [0.3, 0.4) is 0 Å². The summed E-state index contributed by atoms with van der Waals surface area (Å²) in [5.41, 5.74) is 12.0. The first kappa shape index (κ1) is 23.2. The van der Waals surface area contributed by atoms with E-state index in [-0.39, 0.29) is 41.9 Å². The second-order valence-electron chi connectivity index (χ2n) is 6.45. The van der Waals surface area contributed by atoms with Gasteiger partial charge in [-0.15, -0.1) is 0 Å². The summed E-state index contributed by atoms with van der Waals surface area (Å²) < 4.78 is 10.4. The summed E-state index contributed by atoms with van der Waals surface area (Å²) in [4.78, 5) is 47.3. The first-order valence-corrected chi connectivity index (χ1v) is 9.39. The molecular formula is C21H24N4O6. The molecule has 2 aromatic carbocycles. The molecule has 0 aromatic heterocycles. The van der Waals surface area contributed by atoms with Gasteiger partial charge in [0.25, 0.3) is 11.8 Å². The number of primary amides is 2. The largest absolute Gasteiger partial charge is 0.426 e. The summed E-state index contributed by atoms with van der Waals surface area (Å²) in [5, 5.41) is 5.71. The maximum Gasteiger partial charge on any atom is 0.311 e. The number of hydrogen-bond acceptors (Lipinski definition) is 8.